The maximum atomic E-state index is 15.4. The van der Waals surface area contributed by atoms with Crippen LogP contribution in [-0.2, 0) is 6.16 Å². The fourth-order valence-electron chi connectivity index (χ4n) is 8.93. The van der Waals surface area contributed by atoms with Gasteiger partial charge in [-0.15, -0.1) is 21.9 Å². The van der Waals surface area contributed by atoms with Gasteiger partial charge in [-0.2, -0.15) is 0 Å². The minimum atomic E-state index is -7.22. The van der Waals surface area contributed by atoms with Crippen molar-refractivity contribution in [3.05, 3.63) is 237 Å². The van der Waals surface area contributed by atoms with Crippen LogP contribution >= 0.6 is 7.26 Å². The van der Waals surface area contributed by atoms with Crippen LogP contribution in [0.4, 0.5) is 87.8 Å². The van der Waals surface area contributed by atoms with Crippen LogP contribution in [0.5, 0.6) is 5.75 Å². The maximum Gasteiger partial charge on any atom is 0.200 e. The molecular weight excluding hydrogens is 1070 g/mol. The molecule has 0 amide bonds. The van der Waals surface area contributed by atoms with Crippen LogP contribution in [-0.4, -0.2) is 11.7 Å². The zero-order chi connectivity index (χ0) is 56.1. The normalized spacial score (nSPS) is 11.9. The molecule has 0 saturated heterocycles. The first kappa shape index (κ1) is 56.4. The topological polar surface area (TPSA) is 9.23 Å². The first-order valence-corrected chi connectivity index (χ1v) is 23.7. The molecular formula is C53H30BF20OP. The first-order valence-electron chi connectivity index (χ1n) is 21.7. The van der Waals surface area contributed by atoms with Crippen LogP contribution in [0.3, 0.4) is 0 Å². The second-order valence-corrected chi connectivity index (χ2v) is 21.1. The van der Waals surface area contributed by atoms with Crippen molar-refractivity contribution in [3.8, 4) is 5.75 Å². The third-order valence-electron chi connectivity index (χ3n) is 12.1. The van der Waals surface area contributed by atoms with Gasteiger partial charge in [-0.05, 0) is 74.9 Å². The molecule has 0 aliphatic heterocycles. The summed E-state index contributed by atoms with van der Waals surface area (Å²) >= 11 is 0. The molecule has 0 fully saturated rings. The van der Waals surface area contributed by atoms with Crippen LogP contribution in [0.15, 0.2) is 115 Å². The van der Waals surface area contributed by atoms with E-state index in [1.165, 1.54) is 21.5 Å². The highest BCUT2D eigenvalue weighted by Gasteiger charge is 2.52. The highest BCUT2D eigenvalue weighted by atomic mass is 31.2. The Morgan fingerprint density at radius 2 is 0.513 bits per heavy atom. The van der Waals surface area contributed by atoms with E-state index in [0.717, 1.165) is 11.9 Å². The van der Waals surface area contributed by atoms with Crippen molar-refractivity contribution >= 4 is 51.2 Å². The molecule has 0 spiro atoms. The smallest absolute Gasteiger partial charge is 0.200 e. The Balaban J connectivity index is 0.000000236. The molecule has 0 atom stereocenters. The molecule has 0 bridgehead atoms. The van der Waals surface area contributed by atoms with Gasteiger partial charge in [0, 0.05) is 0 Å². The van der Waals surface area contributed by atoms with Crippen molar-refractivity contribution in [1.29, 1.82) is 0 Å². The summed E-state index contributed by atoms with van der Waals surface area (Å²) in [6, 6.07) is 41.7. The van der Waals surface area contributed by atoms with E-state index in [1.54, 1.807) is 0 Å². The SMILES string of the molecule is CC(C)(C)Oc1ccc(C[P+](c2ccccc2)(c2ccccc2)c2ccccc2)cc1.Fc1c(F)c(F)c([B-](c2c(F)c(F)c(F)c(F)c2F)(c2c(F)c(F)c(F)c(F)c2F)c2c(F)c(F)c(F)c(F)c2F)c(F)c1F. The van der Waals surface area contributed by atoms with E-state index >= 15 is 35.1 Å². The van der Waals surface area contributed by atoms with Gasteiger partial charge in [0.2, 0.25) is 0 Å². The Morgan fingerprint density at radius 1 is 0.303 bits per heavy atom. The lowest BCUT2D eigenvalue weighted by atomic mass is 9.12. The van der Waals surface area contributed by atoms with Gasteiger partial charge in [0.25, 0.3) is 0 Å². The number of benzene rings is 8. The molecule has 0 aliphatic rings. The second-order valence-electron chi connectivity index (χ2n) is 17.6. The fraction of sp³-hybridized carbons (Fsp3) is 0.0943. The zero-order valence-corrected chi connectivity index (χ0v) is 39.6. The number of ether oxygens (including phenoxy) is 1. The lowest BCUT2D eigenvalue weighted by Crippen LogP contribution is -2.81. The Bertz CT molecular complexity index is 3030. The predicted molar refractivity (Wildman–Crippen MR) is 245 cm³/mol. The molecule has 8 aromatic carbocycles. The van der Waals surface area contributed by atoms with Gasteiger partial charge in [-0.25, -0.2) is 87.8 Å². The number of hydrogen-bond acceptors (Lipinski definition) is 1. The largest absolute Gasteiger partial charge is 0.488 e. The molecule has 76 heavy (non-hydrogen) atoms. The average molecular weight is 1100 g/mol. The summed E-state index contributed by atoms with van der Waals surface area (Å²) in [7, 11) is -1.87. The van der Waals surface area contributed by atoms with Gasteiger partial charge in [0.1, 0.15) is 87.2 Å². The molecule has 0 unspecified atom stereocenters. The summed E-state index contributed by atoms with van der Waals surface area (Å²) in [4.78, 5) is 0. The van der Waals surface area contributed by atoms with E-state index in [2.05, 4.69) is 136 Å². The lowest BCUT2D eigenvalue weighted by molar-refractivity contribution is 0.131. The minimum Gasteiger partial charge on any atom is -0.488 e. The standard InChI is InChI=1S/C29H30OP.C24BF20/c1-29(2,3)30-25-21-19-24(20-22-25)23-31(26-13-7-4-8-14-26,27-15-9-5-10-16-27)28-17-11-6-12-18-28;26-5-1(6(27)14(35)21(42)13(5)34)25(2-7(28)15(36)22(43)16(37)8(2)29,3-9(30)17(38)23(44)18(39)10(3)31)4-11(32)19(40)24(45)20(41)12(4)33/h4-22H,23H2,1-3H3;/q+1;-1. The van der Waals surface area contributed by atoms with Crippen molar-refractivity contribution < 1.29 is 92.5 Å². The third-order valence-corrected chi connectivity index (χ3v) is 16.4. The van der Waals surface area contributed by atoms with E-state index in [-0.39, 0.29) is 5.60 Å². The van der Waals surface area contributed by atoms with Crippen molar-refractivity contribution in [2.24, 2.45) is 0 Å². The molecule has 23 heteroatoms. The molecule has 0 N–H and O–H groups in total. The number of rotatable bonds is 10. The van der Waals surface area contributed by atoms with Crippen LogP contribution in [0.25, 0.3) is 0 Å². The molecule has 8 aromatic rings. The highest BCUT2D eigenvalue weighted by molar-refractivity contribution is 7.95. The van der Waals surface area contributed by atoms with E-state index in [0.29, 0.717) is 0 Å². The third kappa shape index (κ3) is 9.42. The molecule has 396 valence electrons. The van der Waals surface area contributed by atoms with Gasteiger partial charge in [-0.3, -0.25) is 0 Å². The zero-order valence-electron chi connectivity index (χ0n) is 38.7. The van der Waals surface area contributed by atoms with Crippen LogP contribution < -0.4 is 42.5 Å². The molecule has 1 nitrogen and oxygen atoms in total. The maximum absolute atomic E-state index is 15.4. The quantitative estimate of drug-likeness (QED) is 0.0436. The van der Waals surface area contributed by atoms with E-state index in [1.807, 2.05) is 0 Å². The molecule has 0 saturated carbocycles. The minimum absolute atomic E-state index is 0.198. The molecule has 0 aliphatic carbocycles. The summed E-state index contributed by atoms with van der Waals surface area (Å²) in [5.74, 6) is -70.5. The number of halogens is 20. The lowest BCUT2D eigenvalue weighted by Gasteiger charge is -2.44. The Labute approximate surface area is 418 Å². The molecule has 8 rings (SSSR count). The molecule has 0 aromatic heterocycles. The molecule has 0 radical (unpaired) electrons. The van der Waals surface area contributed by atoms with Crippen LogP contribution in [0, 0.1) is 116 Å². The highest BCUT2D eigenvalue weighted by Crippen LogP contribution is 2.58. The Morgan fingerprint density at radius 3 is 0.724 bits per heavy atom. The predicted octanol–water partition coefficient (Wildman–Crippen LogP) is 12.2. The summed E-state index contributed by atoms with van der Waals surface area (Å²) in [5.41, 5.74) is -13.2. The summed E-state index contributed by atoms with van der Waals surface area (Å²) in [6.45, 7) is 6.24. The van der Waals surface area contributed by atoms with Crippen molar-refractivity contribution in [1.82, 2.24) is 0 Å². The molecule has 0 heterocycles. The summed E-state index contributed by atoms with van der Waals surface area (Å²) < 4.78 is 300. The van der Waals surface area contributed by atoms with Crippen molar-refractivity contribution in [2.75, 3.05) is 0 Å². The van der Waals surface area contributed by atoms with Gasteiger partial charge < -0.3 is 4.74 Å². The second kappa shape index (κ2) is 21.3. The van der Waals surface area contributed by atoms with Gasteiger partial charge in [0.05, 0.1) is 6.16 Å². The fourth-order valence-corrected chi connectivity index (χ4v) is 13.2. The summed E-state index contributed by atoms with van der Waals surface area (Å²) in [5, 5.41) is 4.22. The van der Waals surface area contributed by atoms with Crippen LogP contribution in [0.1, 0.15) is 26.3 Å². The van der Waals surface area contributed by atoms with Gasteiger partial charge >= 0.3 is 0 Å². The van der Waals surface area contributed by atoms with E-state index < -0.39 is 152 Å². The first-order chi connectivity index (χ1) is 35.7. The van der Waals surface area contributed by atoms with Crippen molar-refractivity contribution in [3.63, 3.8) is 0 Å². The Kier molecular flexibility index (Phi) is 15.8. The Hall–Kier alpha value is -7.35. The van der Waals surface area contributed by atoms with Crippen molar-refractivity contribution in [2.45, 2.75) is 32.5 Å². The van der Waals surface area contributed by atoms with Crippen LogP contribution in [0.2, 0.25) is 0 Å². The summed E-state index contributed by atoms with van der Waals surface area (Å²) in [6.07, 6.45) is -6.24. The van der Waals surface area contributed by atoms with E-state index in [4.69, 9.17) is 4.74 Å². The monoisotopic (exact) mass is 1100 g/mol. The van der Waals surface area contributed by atoms with Gasteiger partial charge in [-0.1, -0.05) is 66.7 Å². The number of hydrogen-bond donors (Lipinski definition) is 0. The van der Waals surface area contributed by atoms with E-state index in [9.17, 15) is 52.7 Å². The average Bonchev–Trinajstić information content (AvgIpc) is 3.41. The van der Waals surface area contributed by atoms with Gasteiger partial charge in [0.15, 0.2) is 69.8 Å².